The van der Waals surface area contributed by atoms with Crippen molar-refractivity contribution in [1.82, 2.24) is 29.9 Å². The fourth-order valence-corrected chi connectivity index (χ4v) is 5.49. The maximum absolute atomic E-state index is 12.3. The molecule has 2 aromatic heterocycles. The summed E-state index contributed by atoms with van der Waals surface area (Å²) in [5.41, 5.74) is 0.207. The van der Waals surface area contributed by atoms with Crippen LogP contribution in [0.5, 0.6) is 0 Å². The van der Waals surface area contributed by atoms with Crippen LogP contribution in [0.4, 0.5) is 47.1 Å². The van der Waals surface area contributed by atoms with Crippen LogP contribution < -0.4 is 91.0 Å². The van der Waals surface area contributed by atoms with Gasteiger partial charge in [-0.1, -0.05) is 30.9 Å². The van der Waals surface area contributed by atoms with E-state index in [0.717, 1.165) is 12.1 Å². The number of rotatable bonds is 16. The maximum atomic E-state index is 12.3. The first-order chi connectivity index (χ1) is 22.8. The van der Waals surface area contributed by atoms with Crippen molar-refractivity contribution in [2.45, 2.75) is 30.6 Å². The van der Waals surface area contributed by atoms with E-state index in [1.807, 2.05) is 20.8 Å². The van der Waals surface area contributed by atoms with Crippen molar-refractivity contribution in [2.75, 3.05) is 51.5 Å². The second-order valence-electron chi connectivity index (χ2n) is 9.55. The Kier molecular flexibility index (Phi) is 16.4. The first-order valence-electron chi connectivity index (χ1n) is 14.4. The predicted molar refractivity (Wildman–Crippen MR) is 180 cm³/mol. The molecular formula is C28H32N12Na2O6S2. The molecule has 0 amide bonds. The van der Waals surface area contributed by atoms with E-state index >= 15 is 0 Å². The summed E-state index contributed by atoms with van der Waals surface area (Å²) >= 11 is 0. The Morgan fingerprint density at radius 3 is 1.28 bits per heavy atom. The molecule has 0 bridgehead atoms. The van der Waals surface area contributed by atoms with Gasteiger partial charge in [0.25, 0.3) is 0 Å². The number of anilines is 8. The van der Waals surface area contributed by atoms with E-state index in [4.69, 9.17) is 0 Å². The normalized spacial score (nSPS) is 11.1. The van der Waals surface area contributed by atoms with Gasteiger partial charge in [-0.05, 0) is 62.4 Å². The molecule has 0 aliphatic rings. The molecule has 0 fully saturated rings. The van der Waals surface area contributed by atoms with Gasteiger partial charge < -0.3 is 41.0 Å². The molecule has 2 aromatic carbocycles. The molecule has 0 saturated carbocycles. The Bertz CT molecular complexity index is 2030. The van der Waals surface area contributed by atoms with Crippen molar-refractivity contribution in [3.05, 3.63) is 60.3 Å². The van der Waals surface area contributed by atoms with Gasteiger partial charge in [0, 0.05) is 31.0 Å². The monoisotopic (exact) mass is 742 g/mol. The fourth-order valence-electron chi connectivity index (χ4n) is 4.10. The van der Waals surface area contributed by atoms with Crippen LogP contribution in [0.25, 0.3) is 12.2 Å². The Balaban J connectivity index is 0.00000433. The second kappa shape index (κ2) is 19.2. The molecular weight excluding hydrogens is 711 g/mol. The molecule has 0 aliphatic carbocycles. The van der Waals surface area contributed by atoms with Crippen molar-refractivity contribution >= 4 is 79.5 Å². The predicted octanol–water partition coefficient (Wildman–Crippen LogP) is -2.62. The number of nitrogens with one attached hydrogen (secondary N) is 6. The molecule has 0 aliphatic heterocycles. The number of benzene rings is 2. The summed E-state index contributed by atoms with van der Waals surface area (Å²) in [7, 11) is -10.1. The Hall–Kier alpha value is -3.44. The maximum Gasteiger partial charge on any atom is 1.00 e. The van der Waals surface area contributed by atoms with E-state index < -0.39 is 30.0 Å². The van der Waals surface area contributed by atoms with Gasteiger partial charge in [-0.2, -0.15) is 29.9 Å². The van der Waals surface area contributed by atoms with Crippen molar-refractivity contribution in [3.63, 3.8) is 0 Å². The Labute approximate surface area is 334 Å². The van der Waals surface area contributed by atoms with Gasteiger partial charge in [0.1, 0.15) is 20.2 Å². The van der Waals surface area contributed by atoms with Crippen molar-refractivity contribution in [1.29, 1.82) is 0 Å². The van der Waals surface area contributed by atoms with E-state index in [-0.39, 0.29) is 117 Å². The molecule has 0 spiro atoms. The molecule has 0 unspecified atom stereocenters. The molecule has 0 radical (unpaired) electrons. The van der Waals surface area contributed by atoms with E-state index in [0.29, 0.717) is 19.6 Å². The number of nitrogens with zero attached hydrogens (tertiary/aromatic N) is 6. The summed E-state index contributed by atoms with van der Waals surface area (Å²) in [6, 6.07) is 7.76. The second-order valence-corrected chi connectivity index (χ2v) is 12.2. The summed E-state index contributed by atoms with van der Waals surface area (Å²) in [5.74, 6) is 1.05. The number of aromatic nitrogens is 6. The molecule has 0 atom stereocenters. The molecule has 4 aromatic rings. The van der Waals surface area contributed by atoms with E-state index in [9.17, 15) is 25.9 Å². The van der Waals surface area contributed by atoms with E-state index in [2.05, 4.69) is 68.4 Å². The fraction of sp³-hybridized carbons (Fsp3) is 0.214. The third kappa shape index (κ3) is 12.1. The number of hydrogen-bond donors (Lipinski definition) is 6. The van der Waals surface area contributed by atoms with Crippen LogP contribution >= 0.6 is 0 Å². The molecule has 254 valence electrons. The smallest absolute Gasteiger partial charge is 0.744 e. The van der Waals surface area contributed by atoms with Gasteiger partial charge >= 0.3 is 59.1 Å². The van der Waals surface area contributed by atoms with Crippen LogP contribution in [0.3, 0.4) is 0 Å². The first kappa shape index (κ1) is 42.7. The first-order valence-corrected chi connectivity index (χ1v) is 17.2. The molecule has 6 N–H and O–H groups in total. The molecule has 18 nitrogen and oxygen atoms in total. The minimum absolute atomic E-state index is 0. The number of hydrogen-bond acceptors (Lipinski definition) is 18. The topological polar surface area (TPSA) is 264 Å². The minimum atomic E-state index is -5.03. The van der Waals surface area contributed by atoms with Crippen LogP contribution in [-0.2, 0) is 20.2 Å². The summed E-state index contributed by atoms with van der Waals surface area (Å²) < 4.78 is 73.5. The standard InChI is InChI=1S/C28H34N12O6S2.2Na/c1-5-29-23-35-24(30-6-2)38-27(37-23)33-19-13-11-17(21(15-19)47(41,42)43)9-10-18-12-14-20(16-22(18)48(44,45)46)34-28-39-25(31-7-3)36-26(40-28)32-8-4;;/h5,9-16H,1,6-8H2,2-4H3,(H,41,42,43)(H,44,45,46)(H3,29,30,33,35,37,38)(H3,31,32,34,36,39,40);;/q;2*+1/p-2. The van der Waals surface area contributed by atoms with Crippen molar-refractivity contribution in [2.24, 2.45) is 0 Å². The van der Waals surface area contributed by atoms with Crippen LogP contribution in [0.2, 0.25) is 0 Å². The van der Waals surface area contributed by atoms with Crippen LogP contribution in [0, 0.1) is 0 Å². The van der Waals surface area contributed by atoms with Crippen molar-refractivity contribution < 1.29 is 85.1 Å². The Morgan fingerprint density at radius 2 is 0.940 bits per heavy atom. The van der Waals surface area contributed by atoms with Crippen molar-refractivity contribution in [3.8, 4) is 0 Å². The van der Waals surface area contributed by atoms with E-state index in [1.54, 1.807) is 0 Å². The third-order valence-electron chi connectivity index (χ3n) is 6.03. The van der Waals surface area contributed by atoms with Crippen LogP contribution in [0.15, 0.2) is 59.0 Å². The molecule has 22 heteroatoms. The summed E-state index contributed by atoms with van der Waals surface area (Å²) in [6.07, 6.45) is 3.78. The average Bonchev–Trinajstić information content (AvgIpc) is 3.00. The largest absolute Gasteiger partial charge is 1.00 e. The SMILES string of the molecule is C=CNc1nc(NCC)nc(Nc2ccc(C=Cc3ccc(Nc4nc(NCC)nc(NCC)n4)cc3S(=O)(=O)[O-])c(S(=O)(=O)[O-])c2)n1.[Na+].[Na+]. The zero-order valence-electron chi connectivity index (χ0n) is 28.0. The van der Waals surface area contributed by atoms with Gasteiger partial charge in [0.15, 0.2) is 0 Å². The van der Waals surface area contributed by atoms with Crippen LogP contribution in [-0.4, -0.2) is 75.5 Å². The molecule has 4 rings (SSSR count). The summed E-state index contributed by atoms with van der Waals surface area (Å²) in [5, 5.41) is 17.3. The third-order valence-corrected chi connectivity index (χ3v) is 7.81. The quantitative estimate of drug-likeness (QED) is 0.0390. The van der Waals surface area contributed by atoms with Gasteiger partial charge in [0.2, 0.25) is 35.7 Å². The molecule has 50 heavy (non-hydrogen) atoms. The molecule has 2 heterocycles. The van der Waals surface area contributed by atoms with Gasteiger partial charge in [-0.15, -0.1) is 0 Å². The zero-order chi connectivity index (χ0) is 34.9. The van der Waals surface area contributed by atoms with Gasteiger partial charge in [0.05, 0.1) is 9.79 Å². The summed E-state index contributed by atoms with van der Waals surface area (Å²) in [4.78, 5) is 24.0. The Morgan fingerprint density at radius 1 is 0.600 bits per heavy atom. The van der Waals surface area contributed by atoms with E-state index in [1.165, 1.54) is 42.6 Å². The zero-order valence-corrected chi connectivity index (χ0v) is 33.6. The van der Waals surface area contributed by atoms with Gasteiger partial charge in [-0.3, -0.25) is 0 Å². The van der Waals surface area contributed by atoms with Gasteiger partial charge in [-0.25, -0.2) is 16.8 Å². The minimum Gasteiger partial charge on any atom is -0.744 e. The van der Waals surface area contributed by atoms with Crippen LogP contribution in [0.1, 0.15) is 31.9 Å². The summed E-state index contributed by atoms with van der Waals surface area (Å²) in [6.45, 7) is 10.7. The average molecular weight is 743 g/mol. The molecule has 0 saturated heterocycles.